The first-order chi connectivity index (χ1) is 9.65. The van der Waals surface area contributed by atoms with Crippen molar-refractivity contribution >= 4 is 22.8 Å². The largest absolute Gasteiger partial charge is 0.479 e. The molecule has 0 aromatic carbocycles. The molecule has 2 N–H and O–H groups in total. The van der Waals surface area contributed by atoms with E-state index in [0.29, 0.717) is 23.5 Å². The van der Waals surface area contributed by atoms with Gasteiger partial charge in [0.2, 0.25) is 11.2 Å². The second-order valence-corrected chi connectivity index (χ2v) is 4.76. The van der Waals surface area contributed by atoms with Gasteiger partial charge in [-0.1, -0.05) is 0 Å². The first-order valence-electron chi connectivity index (χ1n) is 6.02. The normalized spacial score (nSPS) is 26.3. The molecule has 2 aromatic rings. The number of methoxy groups -OCH3 is 1. The second kappa shape index (κ2) is 5.13. The van der Waals surface area contributed by atoms with E-state index in [1.807, 2.05) is 0 Å². The third-order valence-corrected chi connectivity index (χ3v) is 3.53. The molecule has 8 nitrogen and oxygen atoms in total. The van der Waals surface area contributed by atoms with Crippen LogP contribution < -0.4 is 4.74 Å². The van der Waals surface area contributed by atoms with Crippen LogP contribution in [0.15, 0.2) is 6.33 Å². The molecule has 0 unspecified atom stereocenters. The molecule has 108 valence electrons. The summed E-state index contributed by atoms with van der Waals surface area (Å²) >= 11 is 6.12. The Balaban J connectivity index is 2.06. The second-order valence-electron chi connectivity index (χ2n) is 4.42. The number of hydrogen-bond acceptors (Lipinski definition) is 7. The van der Waals surface area contributed by atoms with Gasteiger partial charge in [0.05, 0.1) is 19.8 Å². The molecule has 1 fully saturated rings. The van der Waals surface area contributed by atoms with Crippen LogP contribution >= 0.6 is 11.6 Å². The fourth-order valence-corrected chi connectivity index (χ4v) is 2.58. The van der Waals surface area contributed by atoms with E-state index in [2.05, 4.69) is 15.0 Å². The predicted octanol–water partition coefficient (Wildman–Crippen LogP) is 0.129. The monoisotopic (exact) mass is 300 g/mol. The fourth-order valence-electron chi connectivity index (χ4n) is 2.30. The summed E-state index contributed by atoms with van der Waals surface area (Å²) in [5, 5.41) is 19.1. The lowest BCUT2D eigenvalue weighted by Gasteiger charge is -2.14. The molecule has 1 saturated heterocycles. The number of aromatic nitrogens is 4. The zero-order chi connectivity index (χ0) is 14.3. The van der Waals surface area contributed by atoms with Crippen LogP contribution in [-0.4, -0.2) is 55.7 Å². The summed E-state index contributed by atoms with van der Waals surface area (Å²) in [6, 6.07) is 0. The molecule has 9 heteroatoms. The minimum atomic E-state index is -0.762. The Kier molecular flexibility index (Phi) is 3.47. The summed E-state index contributed by atoms with van der Waals surface area (Å²) in [5.74, 6) is 0.313. The number of imidazole rings is 1. The zero-order valence-electron chi connectivity index (χ0n) is 10.6. The van der Waals surface area contributed by atoms with Gasteiger partial charge in [-0.25, -0.2) is 9.97 Å². The SMILES string of the molecule is COc1ncnc2c1nc(Cl)n2[C@H]1C[C@@H](O)[C@H](CO)O1. The number of nitrogens with zero attached hydrogens (tertiary/aromatic N) is 4. The van der Waals surface area contributed by atoms with Gasteiger partial charge in [0.25, 0.3) is 0 Å². The van der Waals surface area contributed by atoms with Gasteiger partial charge in [0, 0.05) is 6.42 Å². The van der Waals surface area contributed by atoms with Gasteiger partial charge in [-0.2, -0.15) is 4.98 Å². The van der Waals surface area contributed by atoms with E-state index in [9.17, 15) is 5.11 Å². The van der Waals surface area contributed by atoms with Crippen molar-refractivity contribution in [2.45, 2.75) is 24.9 Å². The maximum atomic E-state index is 9.80. The Morgan fingerprint density at radius 1 is 1.55 bits per heavy atom. The first-order valence-corrected chi connectivity index (χ1v) is 6.40. The van der Waals surface area contributed by atoms with E-state index < -0.39 is 18.4 Å². The molecular formula is C11H13ClN4O4. The van der Waals surface area contributed by atoms with E-state index in [-0.39, 0.29) is 11.9 Å². The highest BCUT2D eigenvalue weighted by Crippen LogP contribution is 2.34. The van der Waals surface area contributed by atoms with E-state index in [1.54, 1.807) is 4.57 Å². The summed E-state index contributed by atoms with van der Waals surface area (Å²) in [5.41, 5.74) is 0.878. The molecule has 1 aliphatic rings. The molecule has 0 spiro atoms. The van der Waals surface area contributed by atoms with Crippen LogP contribution in [0.4, 0.5) is 0 Å². The highest BCUT2D eigenvalue weighted by Gasteiger charge is 2.36. The summed E-state index contributed by atoms with van der Waals surface area (Å²) < 4.78 is 12.2. The van der Waals surface area contributed by atoms with E-state index >= 15 is 0 Å². The van der Waals surface area contributed by atoms with Gasteiger partial charge in [-0.15, -0.1) is 0 Å². The third kappa shape index (κ3) is 2.01. The highest BCUT2D eigenvalue weighted by atomic mass is 35.5. The van der Waals surface area contributed by atoms with Crippen LogP contribution in [0.25, 0.3) is 11.2 Å². The summed E-state index contributed by atoms with van der Waals surface area (Å²) in [6.45, 7) is -0.264. The zero-order valence-corrected chi connectivity index (χ0v) is 11.4. The standard InChI is InChI=1S/C11H13ClN4O4/c1-19-10-8-9(13-4-14-10)16(11(12)15-8)7-2-5(18)6(3-17)20-7/h4-7,17-18H,2-3H2,1H3/t5-,6+,7-/m1/s1. The quantitative estimate of drug-likeness (QED) is 0.777. The molecule has 0 saturated carbocycles. The van der Waals surface area contributed by atoms with E-state index in [0.717, 1.165) is 0 Å². The summed E-state index contributed by atoms with van der Waals surface area (Å²) in [7, 11) is 1.48. The molecule has 0 bridgehead atoms. The number of halogens is 1. The average Bonchev–Trinajstić information content (AvgIpc) is 2.97. The molecule has 3 heterocycles. The van der Waals surface area contributed by atoms with Crippen molar-refractivity contribution in [3.63, 3.8) is 0 Å². The topological polar surface area (TPSA) is 103 Å². The Labute approximate surface area is 118 Å². The maximum absolute atomic E-state index is 9.80. The molecule has 0 amide bonds. The summed E-state index contributed by atoms with van der Waals surface area (Å²) in [6.07, 6.45) is -0.313. The van der Waals surface area contributed by atoms with Gasteiger partial charge in [0.1, 0.15) is 18.7 Å². The van der Waals surface area contributed by atoms with Crippen LogP contribution in [0.5, 0.6) is 5.88 Å². The van der Waals surface area contributed by atoms with Crippen LogP contribution in [0.1, 0.15) is 12.6 Å². The van der Waals surface area contributed by atoms with Gasteiger partial charge in [-0.05, 0) is 11.6 Å². The molecular weight excluding hydrogens is 288 g/mol. The van der Waals surface area contributed by atoms with Gasteiger partial charge in [0.15, 0.2) is 11.2 Å². The first kappa shape index (κ1) is 13.5. The van der Waals surface area contributed by atoms with Crippen LogP contribution in [0.2, 0.25) is 5.28 Å². The van der Waals surface area contributed by atoms with E-state index in [1.165, 1.54) is 13.4 Å². The number of fused-ring (bicyclic) bond motifs is 1. The molecule has 3 rings (SSSR count). The number of ether oxygens (including phenoxy) is 2. The predicted molar refractivity (Wildman–Crippen MR) is 68.5 cm³/mol. The number of rotatable bonds is 3. The number of aliphatic hydroxyl groups excluding tert-OH is 2. The minimum absolute atomic E-state index is 0.162. The lowest BCUT2D eigenvalue weighted by atomic mass is 10.2. The van der Waals surface area contributed by atoms with Crippen molar-refractivity contribution in [1.29, 1.82) is 0 Å². The Bertz CT molecular complexity index is 634. The van der Waals surface area contributed by atoms with Gasteiger partial charge < -0.3 is 19.7 Å². The Morgan fingerprint density at radius 3 is 3.00 bits per heavy atom. The summed E-state index contributed by atoms with van der Waals surface area (Å²) in [4.78, 5) is 12.2. The number of hydrogen-bond donors (Lipinski definition) is 2. The maximum Gasteiger partial charge on any atom is 0.245 e. The van der Waals surface area contributed by atoms with Crippen molar-refractivity contribution in [3.8, 4) is 5.88 Å². The molecule has 0 aliphatic carbocycles. The molecule has 0 radical (unpaired) electrons. The highest BCUT2D eigenvalue weighted by molar-refractivity contribution is 6.29. The van der Waals surface area contributed by atoms with Crippen LogP contribution in [-0.2, 0) is 4.74 Å². The van der Waals surface area contributed by atoms with Crippen molar-refractivity contribution in [3.05, 3.63) is 11.6 Å². The fraction of sp³-hybridized carbons (Fsp3) is 0.545. The van der Waals surface area contributed by atoms with E-state index in [4.69, 9.17) is 26.2 Å². The smallest absolute Gasteiger partial charge is 0.245 e. The Hall–Kier alpha value is -1.48. The molecule has 3 atom stereocenters. The van der Waals surface area contributed by atoms with Crippen LogP contribution in [0.3, 0.4) is 0 Å². The Morgan fingerprint density at radius 2 is 2.35 bits per heavy atom. The molecule has 2 aromatic heterocycles. The lowest BCUT2D eigenvalue weighted by molar-refractivity contribution is -0.0431. The van der Waals surface area contributed by atoms with Gasteiger partial charge in [-0.3, -0.25) is 4.57 Å². The number of aliphatic hydroxyl groups is 2. The van der Waals surface area contributed by atoms with Gasteiger partial charge >= 0.3 is 0 Å². The van der Waals surface area contributed by atoms with Crippen molar-refractivity contribution in [2.24, 2.45) is 0 Å². The lowest BCUT2D eigenvalue weighted by Crippen LogP contribution is -2.24. The molecule has 1 aliphatic heterocycles. The van der Waals surface area contributed by atoms with Crippen molar-refractivity contribution in [1.82, 2.24) is 19.5 Å². The van der Waals surface area contributed by atoms with Crippen molar-refractivity contribution in [2.75, 3.05) is 13.7 Å². The molecule has 20 heavy (non-hydrogen) atoms. The minimum Gasteiger partial charge on any atom is -0.479 e. The third-order valence-electron chi connectivity index (χ3n) is 3.27. The van der Waals surface area contributed by atoms with Crippen molar-refractivity contribution < 1.29 is 19.7 Å². The van der Waals surface area contributed by atoms with Crippen LogP contribution in [0, 0.1) is 0 Å². The average molecular weight is 301 g/mol.